The molecule has 0 amide bonds. The first kappa shape index (κ1) is 14.7. The highest BCUT2D eigenvalue weighted by Crippen LogP contribution is 2.58. The van der Waals surface area contributed by atoms with Gasteiger partial charge >= 0.3 is 0 Å². The minimum atomic E-state index is -5.82. The van der Waals surface area contributed by atoms with Gasteiger partial charge in [-0.05, 0) is 22.1 Å². The first-order valence-electron chi connectivity index (χ1n) is 2.27. The van der Waals surface area contributed by atoms with Crippen molar-refractivity contribution in [1.82, 2.24) is 6.15 Å². The molecule has 0 aromatic carbocycles. The Morgan fingerprint density at radius 1 is 1.08 bits per heavy atom. The maximum absolute atomic E-state index is 9.95. The van der Waals surface area contributed by atoms with Crippen LogP contribution in [0.25, 0.3) is 0 Å². The molecule has 12 heavy (non-hydrogen) atoms. The first-order valence-corrected chi connectivity index (χ1v) is 5.35. The van der Waals surface area contributed by atoms with E-state index in [1.54, 1.807) is 0 Å². The summed E-state index contributed by atoms with van der Waals surface area (Å²) in [6.45, 7) is 0.133. The molecule has 0 spiro atoms. The number of rotatable bonds is 2. The van der Waals surface area contributed by atoms with E-state index in [-0.39, 0.29) is 13.1 Å². The molecule has 0 heterocycles. The highest BCUT2D eigenvalue weighted by molar-refractivity contribution is 7.69. The number of hydrogen-bond donors (Lipinski definition) is 2. The van der Waals surface area contributed by atoms with Gasteiger partial charge in [0, 0.05) is 0 Å². The van der Waals surface area contributed by atoms with E-state index in [0.717, 1.165) is 0 Å². The normalized spacial score (nSPS) is 13.8. The Hall–Kier alpha value is 0.220. The Labute approximate surface area is 68.1 Å². The fraction of sp³-hybridized carbons (Fsp3) is 1.00. The molecule has 5 N–H and O–H groups in total. The lowest BCUT2D eigenvalue weighted by atomic mass is 10.9. The average molecular weight is 220 g/mol. The molecule has 0 fully saturated rings. The molecule has 0 radical (unpaired) electrons. The van der Waals surface area contributed by atoms with Crippen molar-refractivity contribution in [3.8, 4) is 0 Å². The van der Waals surface area contributed by atoms with Crippen LogP contribution < -0.4 is 25.7 Å². The van der Waals surface area contributed by atoms with Gasteiger partial charge < -0.3 is 40.0 Å². The van der Waals surface area contributed by atoms with Crippen molar-refractivity contribution in [2.45, 2.75) is 12.0 Å². The summed E-state index contributed by atoms with van der Waals surface area (Å²) in [5.41, 5.74) is 0. The molecule has 76 valence electrons. The van der Waals surface area contributed by atoms with E-state index in [4.69, 9.17) is 5.11 Å². The maximum atomic E-state index is 9.95. The Morgan fingerprint density at radius 2 is 1.25 bits per heavy atom. The number of quaternary nitrogens is 1. The quantitative estimate of drug-likeness (QED) is 0.460. The smallest absolute Gasteiger partial charge is 0.114 e. The van der Waals surface area contributed by atoms with Gasteiger partial charge in [0.1, 0.15) is 5.08 Å². The fourth-order valence-electron chi connectivity index (χ4n) is 0.150. The molecule has 0 atom stereocenters. The second-order valence-electron chi connectivity index (χ2n) is 1.97. The SMILES string of the molecule is CC(O)(P(=O)([O-])[O-])P(=O)([O-])[O-].[NH4+]. The molecule has 8 nitrogen and oxygen atoms in total. The van der Waals surface area contributed by atoms with Gasteiger partial charge in [-0.15, -0.1) is 0 Å². The third-order valence-corrected chi connectivity index (χ3v) is 4.58. The van der Waals surface area contributed by atoms with Crippen LogP contribution in [0.5, 0.6) is 0 Å². The van der Waals surface area contributed by atoms with Crippen molar-refractivity contribution < 1.29 is 33.8 Å². The summed E-state index contributed by atoms with van der Waals surface area (Å²) >= 11 is 0. The topological polar surface area (TPSA) is 183 Å². The van der Waals surface area contributed by atoms with Crippen LogP contribution >= 0.6 is 15.2 Å². The van der Waals surface area contributed by atoms with E-state index in [9.17, 15) is 28.7 Å². The average Bonchev–Trinajstić information content (AvgIpc) is 1.58. The molecule has 0 aliphatic heterocycles. The van der Waals surface area contributed by atoms with Gasteiger partial charge in [0.15, 0.2) is 0 Å². The van der Waals surface area contributed by atoms with Crippen LogP contribution in [-0.4, -0.2) is 10.2 Å². The van der Waals surface area contributed by atoms with E-state index in [0.29, 0.717) is 0 Å². The molecule has 0 aliphatic rings. The predicted molar refractivity (Wildman–Crippen MR) is 31.8 cm³/mol. The summed E-state index contributed by atoms with van der Waals surface area (Å²) in [6.07, 6.45) is 0. The van der Waals surface area contributed by atoms with Gasteiger partial charge in [0.05, 0.1) is 0 Å². The minimum Gasteiger partial charge on any atom is -0.808 e. The van der Waals surface area contributed by atoms with Gasteiger partial charge in [0.25, 0.3) is 0 Å². The molecule has 0 rings (SSSR count). The molecule has 10 heteroatoms. The number of aliphatic hydroxyl groups is 1. The fourth-order valence-corrected chi connectivity index (χ4v) is 1.35. The third-order valence-electron chi connectivity index (χ3n) is 1.04. The van der Waals surface area contributed by atoms with Crippen LogP contribution in [0.1, 0.15) is 6.92 Å². The Bertz CT molecular complexity index is 212. The molecule has 0 saturated heterocycles. The highest BCUT2D eigenvalue weighted by atomic mass is 31.2. The van der Waals surface area contributed by atoms with Crippen molar-refractivity contribution in [1.29, 1.82) is 0 Å². The van der Waals surface area contributed by atoms with E-state index >= 15 is 0 Å². The summed E-state index contributed by atoms with van der Waals surface area (Å²) < 4.78 is 19.9. The lowest BCUT2D eigenvalue weighted by Gasteiger charge is -2.53. The van der Waals surface area contributed by atoms with E-state index in [1.807, 2.05) is 0 Å². The summed E-state index contributed by atoms with van der Waals surface area (Å²) in [6, 6.07) is 0. The number of hydrogen-bond acceptors (Lipinski definition) is 7. The lowest BCUT2D eigenvalue weighted by molar-refractivity contribution is -0.347. The monoisotopic (exact) mass is 220 g/mol. The molecule has 0 saturated carbocycles. The van der Waals surface area contributed by atoms with E-state index < -0.39 is 20.3 Å². The zero-order chi connectivity index (χ0) is 9.50. The predicted octanol–water partition coefficient (Wildman–Crippen LogP) is -3.14. The van der Waals surface area contributed by atoms with Crippen LogP contribution in [0, 0.1) is 0 Å². The lowest BCUT2D eigenvalue weighted by Crippen LogP contribution is -2.43. The molecule has 0 bridgehead atoms. The molecule has 0 aromatic heterocycles. The van der Waals surface area contributed by atoms with Crippen molar-refractivity contribution in [2.24, 2.45) is 0 Å². The van der Waals surface area contributed by atoms with E-state index in [1.165, 1.54) is 0 Å². The molecule has 0 aliphatic carbocycles. The van der Waals surface area contributed by atoms with E-state index in [2.05, 4.69) is 0 Å². The van der Waals surface area contributed by atoms with Crippen molar-refractivity contribution in [3.63, 3.8) is 0 Å². The van der Waals surface area contributed by atoms with Crippen molar-refractivity contribution >= 4 is 15.2 Å². The zero-order valence-electron chi connectivity index (χ0n) is 6.29. The van der Waals surface area contributed by atoms with Crippen LogP contribution in [0.4, 0.5) is 0 Å². The van der Waals surface area contributed by atoms with Crippen molar-refractivity contribution in [2.75, 3.05) is 0 Å². The van der Waals surface area contributed by atoms with Gasteiger partial charge in [0.2, 0.25) is 0 Å². The van der Waals surface area contributed by atoms with Crippen LogP contribution in [0.3, 0.4) is 0 Å². The largest absolute Gasteiger partial charge is 0.808 e. The summed E-state index contributed by atoms with van der Waals surface area (Å²) in [4.78, 5) is 39.8. The summed E-state index contributed by atoms with van der Waals surface area (Å²) in [7, 11) is -11.6. The molecule has 0 aromatic rings. The summed E-state index contributed by atoms with van der Waals surface area (Å²) in [5.74, 6) is 0. The van der Waals surface area contributed by atoms with Crippen LogP contribution in [0.15, 0.2) is 0 Å². The summed E-state index contributed by atoms with van der Waals surface area (Å²) in [5, 5.41) is 4.68. The van der Waals surface area contributed by atoms with Crippen molar-refractivity contribution in [3.05, 3.63) is 0 Å². The van der Waals surface area contributed by atoms with Gasteiger partial charge in [-0.25, -0.2) is 0 Å². The molecular formula is C2H8NO7P2-3. The molecule has 0 unspecified atom stereocenters. The first-order chi connectivity index (χ1) is 4.50. The third kappa shape index (κ3) is 2.62. The van der Waals surface area contributed by atoms with Gasteiger partial charge in [-0.2, -0.15) is 0 Å². The Morgan fingerprint density at radius 3 is 1.25 bits per heavy atom. The van der Waals surface area contributed by atoms with Crippen LogP contribution in [-0.2, 0) is 9.13 Å². The highest BCUT2D eigenvalue weighted by Gasteiger charge is 2.29. The Kier molecular flexibility index (Phi) is 4.33. The zero-order valence-corrected chi connectivity index (χ0v) is 8.08. The second-order valence-corrected chi connectivity index (χ2v) is 6.05. The van der Waals surface area contributed by atoms with Gasteiger partial charge in [-0.3, -0.25) is 0 Å². The maximum Gasteiger partial charge on any atom is 0.114 e. The Balaban J connectivity index is 0. The van der Waals surface area contributed by atoms with Gasteiger partial charge in [-0.1, -0.05) is 0 Å². The van der Waals surface area contributed by atoms with Crippen LogP contribution in [0.2, 0.25) is 0 Å². The standard InChI is InChI=1S/C2H8O7P2.H3N/c1-2(3,10(4,5)6)11(7,8)9;/h3H,1H3,(H2,4,5,6)(H2,7,8,9);1H3/p-3. The molecular weight excluding hydrogens is 212 g/mol. The second kappa shape index (κ2) is 3.53. The minimum absolute atomic E-state index is 0.